The van der Waals surface area contributed by atoms with Crippen LogP contribution in [0.1, 0.15) is 12.8 Å². The highest BCUT2D eigenvalue weighted by Gasteiger charge is 2.30. The maximum Gasteiger partial charge on any atom is 0.311 e. The van der Waals surface area contributed by atoms with Gasteiger partial charge in [-0.3, -0.25) is 4.79 Å². The van der Waals surface area contributed by atoms with E-state index in [9.17, 15) is 13.2 Å². The van der Waals surface area contributed by atoms with E-state index >= 15 is 0 Å². The third kappa shape index (κ3) is 3.70. The zero-order valence-corrected chi connectivity index (χ0v) is 11.5. The number of rotatable bonds is 4. The Kier molecular flexibility index (Phi) is 4.09. The van der Waals surface area contributed by atoms with Crippen molar-refractivity contribution in [3.05, 3.63) is 24.3 Å². The van der Waals surface area contributed by atoms with Crippen molar-refractivity contribution in [2.24, 2.45) is 5.92 Å². The number of para-hydroxylation sites is 2. The second kappa shape index (κ2) is 5.61. The van der Waals surface area contributed by atoms with Crippen molar-refractivity contribution < 1.29 is 22.7 Å². The smallest absolute Gasteiger partial charge is 0.311 e. The largest absolute Gasteiger partial charge is 0.493 e. The molecule has 0 radical (unpaired) electrons. The number of benzene rings is 1. The summed E-state index contributed by atoms with van der Waals surface area (Å²) in [6.45, 7) is 0. The summed E-state index contributed by atoms with van der Waals surface area (Å²) >= 11 is 0. The van der Waals surface area contributed by atoms with Gasteiger partial charge in [0.25, 0.3) is 0 Å². The molecule has 1 unspecified atom stereocenters. The van der Waals surface area contributed by atoms with Crippen LogP contribution in [0.2, 0.25) is 0 Å². The third-order valence-corrected chi connectivity index (χ3v) is 4.91. The van der Waals surface area contributed by atoms with Crippen molar-refractivity contribution in [1.29, 1.82) is 0 Å². The molecule has 5 nitrogen and oxygen atoms in total. The molecule has 2 rings (SSSR count). The van der Waals surface area contributed by atoms with E-state index in [1.165, 1.54) is 7.11 Å². The van der Waals surface area contributed by atoms with Gasteiger partial charge in [0.15, 0.2) is 21.3 Å². The summed E-state index contributed by atoms with van der Waals surface area (Å²) in [5, 5.41) is 0. The molecule has 0 spiro atoms. The molecule has 1 aliphatic rings. The van der Waals surface area contributed by atoms with E-state index in [0.717, 1.165) is 0 Å². The number of ether oxygens (including phenoxy) is 2. The number of sulfone groups is 1. The predicted molar refractivity (Wildman–Crippen MR) is 70.0 cm³/mol. The molecule has 1 aromatic carbocycles. The van der Waals surface area contributed by atoms with Crippen LogP contribution < -0.4 is 9.47 Å². The van der Waals surface area contributed by atoms with Gasteiger partial charge in [-0.2, -0.15) is 0 Å². The average Bonchev–Trinajstić information content (AvgIpc) is 2.69. The second-order valence-corrected chi connectivity index (χ2v) is 6.83. The molecule has 1 aliphatic heterocycles. The van der Waals surface area contributed by atoms with Crippen molar-refractivity contribution in [2.45, 2.75) is 12.8 Å². The van der Waals surface area contributed by atoms with Gasteiger partial charge in [-0.25, -0.2) is 8.42 Å². The van der Waals surface area contributed by atoms with E-state index in [2.05, 4.69) is 0 Å². The van der Waals surface area contributed by atoms with Crippen LogP contribution in [0.25, 0.3) is 0 Å². The molecule has 1 saturated heterocycles. The number of esters is 1. The van der Waals surface area contributed by atoms with Crippen LogP contribution in [-0.2, 0) is 14.6 Å². The van der Waals surface area contributed by atoms with Gasteiger partial charge in [-0.05, 0) is 24.5 Å². The van der Waals surface area contributed by atoms with Crippen molar-refractivity contribution in [1.82, 2.24) is 0 Å². The zero-order chi connectivity index (χ0) is 13.9. The minimum atomic E-state index is -2.96. The Labute approximate surface area is 112 Å². The normalized spacial score (nSPS) is 21.0. The van der Waals surface area contributed by atoms with Crippen molar-refractivity contribution in [3.63, 3.8) is 0 Å². The standard InChI is InChI=1S/C13H16O5S/c1-17-11-4-2-3-5-12(11)18-13(14)8-10-6-7-19(15,16)9-10/h2-5,10H,6-9H2,1H3. The minimum absolute atomic E-state index is 0.0774. The Morgan fingerprint density at radius 3 is 2.58 bits per heavy atom. The predicted octanol–water partition coefficient (Wildman–Crippen LogP) is 1.43. The summed E-state index contributed by atoms with van der Waals surface area (Å²) in [5.74, 6) is 0.526. The first-order valence-corrected chi connectivity index (χ1v) is 7.86. The molecule has 1 atom stereocenters. The molecule has 6 heteroatoms. The summed E-state index contributed by atoms with van der Waals surface area (Å²) in [6.07, 6.45) is 0.653. The molecular weight excluding hydrogens is 268 g/mol. The van der Waals surface area contributed by atoms with Gasteiger partial charge in [0.1, 0.15) is 0 Å². The highest BCUT2D eigenvalue weighted by molar-refractivity contribution is 7.91. The Morgan fingerprint density at radius 2 is 2.00 bits per heavy atom. The van der Waals surface area contributed by atoms with Crippen LogP contribution in [0, 0.1) is 5.92 Å². The van der Waals surface area contributed by atoms with Crippen LogP contribution in [0.15, 0.2) is 24.3 Å². The molecule has 19 heavy (non-hydrogen) atoms. The lowest BCUT2D eigenvalue weighted by Gasteiger charge is -2.10. The first kappa shape index (κ1) is 13.9. The van der Waals surface area contributed by atoms with Crippen molar-refractivity contribution in [3.8, 4) is 11.5 Å². The summed E-state index contributed by atoms with van der Waals surface area (Å²) in [6, 6.07) is 6.86. The van der Waals surface area contributed by atoms with Crippen LogP contribution in [0.4, 0.5) is 0 Å². The molecule has 1 fully saturated rings. The van der Waals surface area contributed by atoms with Crippen molar-refractivity contribution >= 4 is 15.8 Å². The minimum Gasteiger partial charge on any atom is -0.493 e. The van der Waals surface area contributed by atoms with Crippen LogP contribution in [0.3, 0.4) is 0 Å². The number of hydrogen-bond donors (Lipinski definition) is 0. The lowest BCUT2D eigenvalue weighted by Crippen LogP contribution is -2.15. The molecule has 0 aromatic heterocycles. The Morgan fingerprint density at radius 1 is 1.32 bits per heavy atom. The van der Waals surface area contributed by atoms with Gasteiger partial charge >= 0.3 is 5.97 Å². The molecule has 0 amide bonds. The summed E-state index contributed by atoms with van der Waals surface area (Å²) in [7, 11) is -1.46. The Bertz CT molecular complexity index is 564. The molecule has 104 valence electrons. The highest BCUT2D eigenvalue weighted by Crippen LogP contribution is 2.27. The van der Waals surface area contributed by atoms with E-state index in [4.69, 9.17) is 9.47 Å². The maximum absolute atomic E-state index is 11.8. The van der Waals surface area contributed by atoms with Crippen LogP contribution in [-0.4, -0.2) is 33.0 Å². The average molecular weight is 284 g/mol. The summed E-state index contributed by atoms with van der Waals surface area (Å²) in [4.78, 5) is 11.8. The number of methoxy groups -OCH3 is 1. The third-order valence-electron chi connectivity index (χ3n) is 3.07. The van der Waals surface area contributed by atoms with Gasteiger partial charge in [0.05, 0.1) is 18.6 Å². The molecule has 0 aliphatic carbocycles. The Hall–Kier alpha value is -1.56. The fourth-order valence-corrected chi connectivity index (χ4v) is 4.00. The fourth-order valence-electron chi connectivity index (χ4n) is 2.14. The zero-order valence-electron chi connectivity index (χ0n) is 10.7. The van der Waals surface area contributed by atoms with E-state index in [1.54, 1.807) is 24.3 Å². The first-order valence-electron chi connectivity index (χ1n) is 6.04. The summed E-state index contributed by atoms with van der Waals surface area (Å²) < 4.78 is 32.9. The van der Waals surface area contributed by atoms with Crippen molar-refractivity contribution in [2.75, 3.05) is 18.6 Å². The number of carbonyl (C=O) groups is 1. The van der Waals surface area contributed by atoms with Gasteiger partial charge in [0.2, 0.25) is 0 Å². The number of carbonyl (C=O) groups excluding carboxylic acids is 1. The SMILES string of the molecule is COc1ccccc1OC(=O)CC1CCS(=O)(=O)C1. The maximum atomic E-state index is 11.8. The molecule has 0 bridgehead atoms. The first-order chi connectivity index (χ1) is 9.00. The van der Waals surface area contributed by atoms with Crippen LogP contribution in [0.5, 0.6) is 11.5 Å². The van der Waals surface area contributed by atoms with E-state index in [1.807, 2.05) is 0 Å². The Balaban J connectivity index is 1.95. The monoisotopic (exact) mass is 284 g/mol. The molecular formula is C13H16O5S. The molecule has 1 heterocycles. The van der Waals surface area contributed by atoms with Gasteiger partial charge in [-0.1, -0.05) is 12.1 Å². The van der Waals surface area contributed by atoms with Gasteiger partial charge < -0.3 is 9.47 Å². The quantitative estimate of drug-likeness (QED) is 0.618. The topological polar surface area (TPSA) is 69.7 Å². The lowest BCUT2D eigenvalue weighted by molar-refractivity contribution is -0.135. The molecule has 0 saturated carbocycles. The van der Waals surface area contributed by atoms with E-state index in [-0.39, 0.29) is 23.8 Å². The lowest BCUT2D eigenvalue weighted by atomic mass is 10.1. The van der Waals surface area contributed by atoms with E-state index in [0.29, 0.717) is 17.9 Å². The van der Waals surface area contributed by atoms with Gasteiger partial charge in [-0.15, -0.1) is 0 Å². The molecule has 1 aromatic rings. The fraction of sp³-hybridized carbons (Fsp3) is 0.462. The number of hydrogen-bond acceptors (Lipinski definition) is 5. The highest BCUT2D eigenvalue weighted by atomic mass is 32.2. The molecule has 0 N–H and O–H groups in total. The van der Waals surface area contributed by atoms with E-state index < -0.39 is 15.8 Å². The summed E-state index contributed by atoms with van der Waals surface area (Å²) in [5.41, 5.74) is 0. The van der Waals surface area contributed by atoms with Gasteiger partial charge in [0, 0.05) is 6.42 Å². The second-order valence-electron chi connectivity index (χ2n) is 4.60. The van der Waals surface area contributed by atoms with Crippen LogP contribution >= 0.6 is 0 Å².